The highest BCUT2D eigenvalue weighted by Crippen LogP contribution is 2.51. The molecule has 0 unspecified atom stereocenters. The summed E-state index contributed by atoms with van der Waals surface area (Å²) in [6.07, 6.45) is 0. The predicted molar refractivity (Wildman–Crippen MR) is 216 cm³/mol. The van der Waals surface area contributed by atoms with Gasteiger partial charge in [0.25, 0.3) is 0 Å². The Bertz CT molecular complexity index is 2780. The molecular formula is C49H35N3. The summed E-state index contributed by atoms with van der Waals surface area (Å²) in [5.41, 5.74) is 16.1. The Morgan fingerprint density at radius 1 is 0.385 bits per heavy atom. The molecule has 0 aliphatic heterocycles. The van der Waals surface area contributed by atoms with E-state index in [1.807, 2.05) is 6.07 Å². The predicted octanol–water partition coefficient (Wildman–Crippen LogP) is 12.5. The zero-order valence-corrected chi connectivity index (χ0v) is 29.1. The summed E-state index contributed by atoms with van der Waals surface area (Å²) < 4.78 is 2.27. The number of rotatable bonds is 5. The number of hydrogen-bond acceptors (Lipinski definition) is 2. The molecule has 10 rings (SSSR count). The molecule has 9 aromatic rings. The van der Waals surface area contributed by atoms with Crippen LogP contribution in [0, 0.1) is 0 Å². The summed E-state index contributed by atoms with van der Waals surface area (Å²) in [4.78, 5) is 10.6. The molecule has 2 aromatic heterocycles. The molecule has 7 aromatic carbocycles. The molecule has 1 aliphatic rings. The van der Waals surface area contributed by atoms with Gasteiger partial charge in [0, 0.05) is 27.3 Å². The van der Waals surface area contributed by atoms with Crippen molar-refractivity contribution in [1.29, 1.82) is 0 Å². The molecule has 1 aliphatic carbocycles. The Hall–Kier alpha value is -6.58. The molecule has 3 nitrogen and oxygen atoms in total. The maximum Gasteiger partial charge on any atom is 0.235 e. The zero-order valence-electron chi connectivity index (χ0n) is 29.1. The zero-order chi connectivity index (χ0) is 34.8. The first-order valence-corrected chi connectivity index (χ1v) is 17.9. The second-order valence-electron chi connectivity index (χ2n) is 14.3. The number of fused-ring (bicyclic) bond motifs is 6. The third kappa shape index (κ3) is 4.81. The number of nitrogens with zero attached hydrogens (tertiary/aromatic N) is 3. The van der Waals surface area contributed by atoms with Crippen molar-refractivity contribution in [2.45, 2.75) is 19.3 Å². The van der Waals surface area contributed by atoms with Gasteiger partial charge in [0.1, 0.15) is 0 Å². The average Bonchev–Trinajstić information content (AvgIpc) is 3.65. The highest BCUT2D eigenvalue weighted by Gasteiger charge is 2.36. The minimum Gasteiger partial charge on any atom is -0.278 e. The quantitative estimate of drug-likeness (QED) is 0.183. The van der Waals surface area contributed by atoms with E-state index in [0.717, 1.165) is 33.5 Å². The van der Waals surface area contributed by atoms with Gasteiger partial charge in [-0.3, -0.25) is 4.57 Å². The molecule has 52 heavy (non-hydrogen) atoms. The summed E-state index contributed by atoms with van der Waals surface area (Å²) in [5, 5.41) is 2.40. The number of aromatic nitrogens is 3. The van der Waals surface area contributed by atoms with Crippen LogP contribution in [0.15, 0.2) is 176 Å². The number of para-hydroxylation sites is 1. The fraction of sp³-hybridized carbons (Fsp3) is 0.0612. The van der Waals surface area contributed by atoms with Crippen LogP contribution < -0.4 is 0 Å². The SMILES string of the molecule is CC1(C)c2ccccc2-c2cc3c4ccccc4n(-c4nc(-c5ccccc5)cc(-c5ccc(-c6ccc(-c7ccccc7)cc6)cc5)n4)c3cc21. The van der Waals surface area contributed by atoms with Crippen LogP contribution in [0.4, 0.5) is 0 Å². The Balaban J connectivity index is 1.13. The Morgan fingerprint density at radius 3 is 1.54 bits per heavy atom. The summed E-state index contributed by atoms with van der Waals surface area (Å²) in [6.45, 7) is 4.67. The third-order valence-electron chi connectivity index (χ3n) is 10.9. The van der Waals surface area contributed by atoms with Gasteiger partial charge >= 0.3 is 0 Å². The van der Waals surface area contributed by atoms with Crippen LogP contribution in [-0.4, -0.2) is 14.5 Å². The molecule has 3 heteroatoms. The van der Waals surface area contributed by atoms with E-state index < -0.39 is 0 Å². The van der Waals surface area contributed by atoms with Crippen LogP contribution in [0.25, 0.3) is 83.6 Å². The van der Waals surface area contributed by atoms with E-state index in [9.17, 15) is 0 Å². The highest BCUT2D eigenvalue weighted by molar-refractivity contribution is 6.11. The topological polar surface area (TPSA) is 30.7 Å². The van der Waals surface area contributed by atoms with Crippen LogP contribution in [0.5, 0.6) is 0 Å². The maximum absolute atomic E-state index is 5.34. The lowest BCUT2D eigenvalue weighted by molar-refractivity contribution is 0.661. The van der Waals surface area contributed by atoms with Gasteiger partial charge in [-0.15, -0.1) is 0 Å². The monoisotopic (exact) mass is 665 g/mol. The van der Waals surface area contributed by atoms with Crippen molar-refractivity contribution in [3.05, 3.63) is 187 Å². The third-order valence-corrected chi connectivity index (χ3v) is 10.9. The lowest BCUT2D eigenvalue weighted by atomic mass is 9.82. The molecule has 246 valence electrons. The minimum atomic E-state index is -0.122. The fourth-order valence-corrected chi connectivity index (χ4v) is 8.14. The summed E-state index contributed by atoms with van der Waals surface area (Å²) in [5.74, 6) is 0.663. The first-order valence-electron chi connectivity index (χ1n) is 17.9. The van der Waals surface area contributed by atoms with Crippen molar-refractivity contribution in [2.24, 2.45) is 0 Å². The molecule has 0 fully saturated rings. The highest BCUT2D eigenvalue weighted by atomic mass is 15.2. The van der Waals surface area contributed by atoms with E-state index in [1.165, 1.54) is 55.3 Å². The molecular weight excluding hydrogens is 631 g/mol. The smallest absolute Gasteiger partial charge is 0.235 e. The molecule has 0 atom stereocenters. The number of hydrogen-bond donors (Lipinski definition) is 0. The van der Waals surface area contributed by atoms with E-state index in [0.29, 0.717) is 5.95 Å². The Morgan fingerprint density at radius 2 is 0.885 bits per heavy atom. The fourth-order valence-electron chi connectivity index (χ4n) is 8.14. The van der Waals surface area contributed by atoms with E-state index in [1.54, 1.807) is 0 Å². The summed E-state index contributed by atoms with van der Waals surface area (Å²) in [6, 6.07) is 62.9. The maximum atomic E-state index is 5.34. The van der Waals surface area contributed by atoms with Crippen LogP contribution >= 0.6 is 0 Å². The van der Waals surface area contributed by atoms with E-state index in [4.69, 9.17) is 9.97 Å². The van der Waals surface area contributed by atoms with Gasteiger partial charge in [0.15, 0.2) is 0 Å². The molecule has 0 radical (unpaired) electrons. The van der Waals surface area contributed by atoms with Crippen molar-refractivity contribution in [1.82, 2.24) is 14.5 Å². The van der Waals surface area contributed by atoms with Gasteiger partial charge in [-0.25, -0.2) is 9.97 Å². The van der Waals surface area contributed by atoms with Crippen LogP contribution in [-0.2, 0) is 5.41 Å². The van der Waals surface area contributed by atoms with Crippen molar-refractivity contribution >= 4 is 21.8 Å². The molecule has 0 spiro atoms. The summed E-state index contributed by atoms with van der Waals surface area (Å²) >= 11 is 0. The van der Waals surface area contributed by atoms with E-state index in [2.05, 4.69) is 188 Å². The first-order chi connectivity index (χ1) is 25.5. The second kappa shape index (κ2) is 11.8. The van der Waals surface area contributed by atoms with Gasteiger partial charge < -0.3 is 0 Å². The van der Waals surface area contributed by atoms with Crippen molar-refractivity contribution in [3.63, 3.8) is 0 Å². The largest absolute Gasteiger partial charge is 0.278 e. The average molecular weight is 666 g/mol. The van der Waals surface area contributed by atoms with Crippen molar-refractivity contribution in [2.75, 3.05) is 0 Å². The van der Waals surface area contributed by atoms with Crippen LogP contribution in [0.2, 0.25) is 0 Å². The lowest BCUT2D eigenvalue weighted by Gasteiger charge is -2.21. The summed E-state index contributed by atoms with van der Waals surface area (Å²) in [7, 11) is 0. The van der Waals surface area contributed by atoms with Crippen molar-refractivity contribution in [3.8, 4) is 61.8 Å². The molecule has 0 N–H and O–H groups in total. The van der Waals surface area contributed by atoms with Gasteiger partial charge in [0.2, 0.25) is 5.95 Å². The number of benzene rings is 7. The molecule has 0 amide bonds. The van der Waals surface area contributed by atoms with Gasteiger partial charge in [-0.2, -0.15) is 0 Å². The lowest BCUT2D eigenvalue weighted by Crippen LogP contribution is -2.15. The van der Waals surface area contributed by atoms with Crippen LogP contribution in [0.3, 0.4) is 0 Å². The molecule has 2 heterocycles. The molecule has 0 saturated heterocycles. The van der Waals surface area contributed by atoms with Gasteiger partial charge in [0.05, 0.1) is 22.4 Å². The first kappa shape index (κ1) is 30.3. The van der Waals surface area contributed by atoms with E-state index in [-0.39, 0.29) is 5.41 Å². The second-order valence-corrected chi connectivity index (χ2v) is 14.3. The Labute approximate surface area is 303 Å². The van der Waals surface area contributed by atoms with Crippen molar-refractivity contribution < 1.29 is 0 Å². The minimum absolute atomic E-state index is 0.122. The normalized spacial score (nSPS) is 13.0. The Kier molecular flexibility index (Phi) is 6.84. The molecule has 0 bridgehead atoms. The van der Waals surface area contributed by atoms with Crippen LogP contribution in [0.1, 0.15) is 25.0 Å². The standard InChI is InChI=1S/C49H35N3/c1-49(2)42-19-11-9-17-38(42)40-29-41-39-18-10-12-20-46(39)52(47(41)30-43(40)49)48-50-44(36-15-7-4-8-16-36)31-45(51-48)37-27-25-35(26-28-37)34-23-21-33(22-24-34)32-13-5-3-6-14-32/h3-31H,1-2H3. The van der Waals surface area contributed by atoms with Gasteiger partial charge in [-0.05, 0) is 68.8 Å². The van der Waals surface area contributed by atoms with Gasteiger partial charge in [-0.1, -0.05) is 166 Å². The molecule has 0 saturated carbocycles. The van der Waals surface area contributed by atoms with E-state index >= 15 is 0 Å².